The number of sulfone groups is 1. The highest BCUT2D eigenvalue weighted by atomic mass is 32.2. The summed E-state index contributed by atoms with van der Waals surface area (Å²) in [6.45, 7) is 4.64. The average molecular weight is 343 g/mol. The molecule has 1 aliphatic rings. The van der Waals surface area contributed by atoms with Crippen LogP contribution in [-0.2, 0) is 9.84 Å². The van der Waals surface area contributed by atoms with E-state index in [2.05, 4.69) is 0 Å². The van der Waals surface area contributed by atoms with E-state index >= 15 is 0 Å². The molecule has 0 aliphatic carbocycles. The van der Waals surface area contributed by atoms with Gasteiger partial charge in [0, 0.05) is 18.7 Å². The maximum absolute atomic E-state index is 12.7. The molecular formula is C19H21NO3S. The van der Waals surface area contributed by atoms with Gasteiger partial charge in [-0.05, 0) is 44.5 Å². The van der Waals surface area contributed by atoms with Crippen LogP contribution in [0, 0.1) is 13.8 Å². The Morgan fingerprint density at radius 3 is 2.29 bits per heavy atom. The van der Waals surface area contributed by atoms with Crippen LogP contribution in [0.5, 0.6) is 0 Å². The lowest BCUT2D eigenvalue weighted by molar-refractivity contribution is 0.0793. The molecule has 3 rings (SSSR count). The zero-order valence-corrected chi connectivity index (χ0v) is 14.7. The van der Waals surface area contributed by atoms with Crippen LogP contribution in [0.15, 0.2) is 53.4 Å². The molecule has 1 unspecified atom stereocenters. The maximum Gasteiger partial charge on any atom is 0.253 e. The second-order valence-electron chi connectivity index (χ2n) is 6.40. The van der Waals surface area contributed by atoms with Gasteiger partial charge >= 0.3 is 0 Å². The Bertz CT molecular complexity index is 839. The van der Waals surface area contributed by atoms with Crippen LogP contribution in [0.1, 0.15) is 27.9 Å². The number of nitrogens with zero attached hydrogens (tertiary/aromatic N) is 1. The Kier molecular flexibility index (Phi) is 4.45. The summed E-state index contributed by atoms with van der Waals surface area (Å²) in [5, 5.41) is -0.533. The van der Waals surface area contributed by atoms with Crippen molar-refractivity contribution in [3.8, 4) is 0 Å². The molecule has 1 heterocycles. The molecule has 2 aromatic carbocycles. The summed E-state index contributed by atoms with van der Waals surface area (Å²) in [5.74, 6) is -0.0902. The van der Waals surface area contributed by atoms with Crippen LogP contribution < -0.4 is 0 Å². The first-order valence-electron chi connectivity index (χ1n) is 8.04. The summed E-state index contributed by atoms with van der Waals surface area (Å²) < 4.78 is 25.4. The average Bonchev–Trinajstić information content (AvgIpc) is 3.05. The molecule has 126 valence electrons. The van der Waals surface area contributed by atoms with E-state index in [0.717, 1.165) is 11.1 Å². The zero-order chi connectivity index (χ0) is 17.3. The Labute approximate surface area is 143 Å². The van der Waals surface area contributed by atoms with Gasteiger partial charge in [-0.1, -0.05) is 35.4 Å². The number of benzene rings is 2. The molecule has 0 spiro atoms. The van der Waals surface area contributed by atoms with E-state index in [1.54, 1.807) is 35.2 Å². The molecule has 1 fully saturated rings. The topological polar surface area (TPSA) is 54.5 Å². The summed E-state index contributed by atoms with van der Waals surface area (Å²) in [5.41, 5.74) is 2.70. The maximum atomic E-state index is 12.7. The molecule has 2 aromatic rings. The first-order valence-corrected chi connectivity index (χ1v) is 9.59. The Balaban J connectivity index is 1.79. The zero-order valence-electron chi connectivity index (χ0n) is 13.9. The minimum Gasteiger partial charge on any atom is -0.337 e. The summed E-state index contributed by atoms with van der Waals surface area (Å²) in [6, 6.07) is 14.2. The first kappa shape index (κ1) is 16.7. The molecule has 0 aromatic heterocycles. The van der Waals surface area contributed by atoms with Crippen molar-refractivity contribution >= 4 is 15.7 Å². The van der Waals surface area contributed by atoms with Gasteiger partial charge in [0.2, 0.25) is 0 Å². The van der Waals surface area contributed by atoms with Gasteiger partial charge < -0.3 is 4.90 Å². The van der Waals surface area contributed by atoms with E-state index in [4.69, 9.17) is 0 Å². The van der Waals surface area contributed by atoms with Crippen molar-refractivity contribution in [2.75, 3.05) is 13.1 Å². The summed E-state index contributed by atoms with van der Waals surface area (Å²) >= 11 is 0. The van der Waals surface area contributed by atoms with Crippen LogP contribution >= 0.6 is 0 Å². The molecule has 24 heavy (non-hydrogen) atoms. The molecule has 1 saturated heterocycles. The summed E-state index contributed by atoms with van der Waals surface area (Å²) in [7, 11) is -3.40. The van der Waals surface area contributed by atoms with Gasteiger partial charge in [0.05, 0.1) is 10.1 Å². The van der Waals surface area contributed by atoms with Crippen LogP contribution in [0.2, 0.25) is 0 Å². The van der Waals surface area contributed by atoms with Crippen molar-refractivity contribution in [3.63, 3.8) is 0 Å². The van der Waals surface area contributed by atoms with Crippen LogP contribution in [0.3, 0.4) is 0 Å². The molecule has 0 saturated carbocycles. The Morgan fingerprint density at radius 1 is 1.04 bits per heavy atom. The van der Waals surface area contributed by atoms with Crippen LogP contribution in [0.4, 0.5) is 0 Å². The minimum absolute atomic E-state index is 0.0902. The number of carbonyl (C=O) groups is 1. The third-order valence-electron chi connectivity index (χ3n) is 4.41. The van der Waals surface area contributed by atoms with Gasteiger partial charge in [-0.2, -0.15) is 0 Å². The molecule has 0 radical (unpaired) electrons. The molecule has 0 bridgehead atoms. The van der Waals surface area contributed by atoms with Gasteiger partial charge in [-0.25, -0.2) is 8.42 Å². The molecule has 0 N–H and O–H groups in total. The SMILES string of the molecule is Cc1cc(C)cc(C(=O)N2CCC(S(=O)(=O)c3ccccc3)C2)c1. The Hall–Kier alpha value is -2.14. The van der Waals surface area contributed by atoms with Crippen molar-refractivity contribution in [2.45, 2.75) is 30.4 Å². The fourth-order valence-electron chi connectivity index (χ4n) is 3.25. The van der Waals surface area contributed by atoms with Crippen molar-refractivity contribution in [1.29, 1.82) is 0 Å². The lowest BCUT2D eigenvalue weighted by atomic mass is 10.1. The van der Waals surface area contributed by atoms with E-state index in [1.807, 2.05) is 32.0 Å². The lowest BCUT2D eigenvalue weighted by Gasteiger charge is -2.17. The van der Waals surface area contributed by atoms with E-state index in [1.165, 1.54) is 0 Å². The molecule has 1 atom stereocenters. The number of likely N-dealkylation sites (tertiary alicyclic amines) is 1. The van der Waals surface area contributed by atoms with Gasteiger partial charge in [0.1, 0.15) is 0 Å². The van der Waals surface area contributed by atoms with Gasteiger partial charge in [0.15, 0.2) is 9.84 Å². The predicted molar refractivity (Wildman–Crippen MR) is 93.9 cm³/mol. The number of amides is 1. The standard InChI is InChI=1S/C19H21NO3S/c1-14-10-15(2)12-16(11-14)19(21)20-9-8-18(13-20)24(22,23)17-6-4-3-5-7-17/h3-7,10-12,18H,8-9,13H2,1-2H3. The van der Waals surface area contributed by atoms with Gasteiger partial charge in [-0.3, -0.25) is 4.79 Å². The second kappa shape index (κ2) is 6.40. The summed E-state index contributed by atoms with van der Waals surface area (Å²) in [4.78, 5) is 14.7. The number of aryl methyl sites for hydroxylation is 2. The first-order chi connectivity index (χ1) is 11.4. The van der Waals surface area contributed by atoms with Gasteiger partial charge in [0.25, 0.3) is 5.91 Å². The van der Waals surface area contributed by atoms with Crippen molar-refractivity contribution < 1.29 is 13.2 Å². The minimum atomic E-state index is -3.40. The quantitative estimate of drug-likeness (QED) is 0.861. The summed E-state index contributed by atoms with van der Waals surface area (Å²) in [6.07, 6.45) is 0.480. The third kappa shape index (κ3) is 3.22. The fraction of sp³-hybridized carbons (Fsp3) is 0.316. The smallest absolute Gasteiger partial charge is 0.253 e. The molecule has 5 heteroatoms. The lowest BCUT2D eigenvalue weighted by Crippen LogP contribution is -2.32. The predicted octanol–water partition coefficient (Wildman–Crippen LogP) is 2.99. The molecule has 1 aliphatic heterocycles. The molecule has 1 amide bonds. The number of rotatable bonds is 3. The van der Waals surface area contributed by atoms with Crippen molar-refractivity contribution in [2.24, 2.45) is 0 Å². The van der Waals surface area contributed by atoms with E-state index in [0.29, 0.717) is 23.4 Å². The highest BCUT2D eigenvalue weighted by molar-refractivity contribution is 7.92. The number of hydrogen-bond acceptors (Lipinski definition) is 3. The number of hydrogen-bond donors (Lipinski definition) is 0. The molecule has 4 nitrogen and oxygen atoms in total. The van der Waals surface area contributed by atoms with E-state index in [-0.39, 0.29) is 12.5 Å². The van der Waals surface area contributed by atoms with E-state index in [9.17, 15) is 13.2 Å². The normalized spacial score (nSPS) is 17.9. The monoisotopic (exact) mass is 343 g/mol. The molecular weight excluding hydrogens is 322 g/mol. The van der Waals surface area contributed by atoms with Crippen LogP contribution in [-0.4, -0.2) is 37.6 Å². The second-order valence-corrected chi connectivity index (χ2v) is 8.62. The highest BCUT2D eigenvalue weighted by Gasteiger charge is 2.36. The van der Waals surface area contributed by atoms with Gasteiger partial charge in [-0.15, -0.1) is 0 Å². The fourth-order valence-corrected chi connectivity index (χ4v) is 4.96. The van der Waals surface area contributed by atoms with E-state index < -0.39 is 15.1 Å². The van der Waals surface area contributed by atoms with Crippen molar-refractivity contribution in [3.05, 3.63) is 65.2 Å². The van der Waals surface area contributed by atoms with Crippen LogP contribution in [0.25, 0.3) is 0 Å². The highest BCUT2D eigenvalue weighted by Crippen LogP contribution is 2.25. The van der Waals surface area contributed by atoms with Crippen molar-refractivity contribution in [1.82, 2.24) is 4.90 Å². The third-order valence-corrected chi connectivity index (χ3v) is 6.60. The largest absolute Gasteiger partial charge is 0.337 e. The number of carbonyl (C=O) groups excluding carboxylic acids is 1. The Morgan fingerprint density at radius 2 is 1.67 bits per heavy atom.